The van der Waals surface area contributed by atoms with Crippen LogP contribution in [0.25, 0.3) is 0 Å². The highest BCUT2D eigenvalue weighted by molar-refractivity contribution is 6.33. The average molecular weight is 250 g/mol. The van der Waals surface area contributed by atoms with Crippen LogP contribution in [0.4, 0.5) is 5.82 Å². The van der Waals surface area contributed by atoms with E-state index in [1.807, 2.05) is 6.92 Å². The molecule has 0 aliphatic heterocycles. The molecular weight excluding hydrogens is 237 g/mol. The Labute approximate surface area is 98.6 Å². The molecule has 0 saturated heterocycles. The summed E-state index contributed by atoms with van der Waals surface area (Å²) in [5.41, 5.74) is 0. The lowest BCUT2D eigenvalue weighted by atomic mass is 10.2. The van der Waals surface area contributed by atoms with E-state index < -0.39 is 0 Å². The maximum Gasteiger partial charge on any atom is 0.224 e. The van der Waals surface area contributed by atoms with Gasteiger partial charge >= 0.3 is 0 Å². The minimum absolute atomic E-state index is 0.163. The molecule has 1 unspecified atom stereocenters. The van der Waals surface area contributed by atoms with Crippen LogP contribution in [0.1, 0.15) is 19.8 Å². The summed E-state index contributed by atoms with van der Waals surface area (Å²) in [6.07, 6.45) is 3.04. The van der Waals surface area contributed by atoms with E-state index in [4.69, 9.17) is 28.3 Å². The number of nitrogens with zero attached hydrogens (tertiary/aromatic N) is 2. The number of aliphatic hydroxyl groups excluding tert-OH is 1. The van der Waals surface area contributed by atoms with Gasteiger partial charge in [0.05, 0.1) is 6.20 Å². The van der Waals surface area contributed by atoms with E-state index in [2.05, 4.69) is 15.3 Å². The number of halogens is 2. The van der Waals surface area contributed by atoms with Crippen LogP contribution >= 0.6 is 23.2 Å². The highest BCUT2D eigenvalue weighted by Gasteiger charge is 2.07. The number of anilines is 1. The van der Waals surface area contributed by atoms with E-state index in [9.17, 15) is 0 Å². The van der Waals surface area contributed by atoms with Crippen molar-refractivity contribution in [3.8, 4) is 0 Å². The molecule has 0 radical (unpaired) electrons. The summed E-state index contributed by atoms with van der Waals surface area (Å²) >= 11 is 11.5. The van der Waals surface area contributed by atoms with E-state index in [-0.39, 0.29) is 17.9 Å². The summed E-state index contributed by atoms with van der Waals surface area (Å²) in [6.45, 7) is 2.17. The van der Waals surface area contributed by atoms with Gasteiger partial charge in [-0.15, -0.1) is 0 Å². The molecule has 6 heteroatoms. The van der Waals surface area contributed by atoms with Crippen LogP contribution in [-0.2, 0) is 0 Å². The van der Waals surface area contributed by atoms with Crippen molar-refractivity contribution in [3.05, 3.63) is 16.5 Å². The highest BCUT2D eigenvalue weighted by atomic mass is 35.5. The van der Waals surface area contributed by atoms with Gasteiger partial charge in [0.25, 0.3) is 0 Å². The van der Waals surface area contributed by atoms with Crippen molar-refractivity contribution >= 4 is 29.0 Å². The van der Waals surface area contributed by atoms with Gasteiger partial charge in [-0.1, -0.05) is 11.6 Å². The minimum Gasteiger partial charge on any atom is -0.396 e. The first-order valence-corrected chi connectivity index (χ1v) is 5.44. The Bertz CT molecular complexity index is 322. The first kappa shape index (κ1) is 12.5. The summed E-state index contributed by atoms with van der Waals surface area (Å²) in [4.78, 5) is 7.72. The third-order valence-electron chi connectivity index (χ3n) is 1.89. The van der Waals surface area contributed by atoms with Crippen molar-refractivity contribution in [1.29, 1.82) is 0 Å². The predicted octanol–water partition coefficient (Wildman–Crippen LogP) is 2.36. The fourth-order valence-electron chi connectivity index (χ4n) is 1.15. The van der Waals surface area contributed by atoms with E-state index in [1.54, 1.807) is 0 Å². The van der Waals surface area contributed by atoms with E-state index in [1.165, 1.54) is 6.20 Å². The van der Waals surface area contributed by atoms with Gasteiger partial charge in [0.2, 0.25) is 5.28 Å². The lowest BCUT2D eigenvalue weighted by Crippen LogP contribution is -2.16. The topological polar surface area (TPSA) is 58.0 Å². The molecule has 2 N–H and O–H groups in total. The van der Waals surface area contributed by atoms with Crippen LogP contribution in [0.3, 0.4) is 0 Å². The van der Waals surface area contributed by atoms with Crippen molar-refractivity contribution in [3.63, 3.8) is 0 Å². The summed E-state index contributed by atoms with van der Waals surface area (Å²) in [6, 6.07) is 0.181. The van der Waals surface area contributed by atoms with E-state index >= 15 is 0 Å². The molecule has 1 aromatic heterocycles. The number of aromatic nitrogens is 2. The Morgan fingerprint density at radius 3 is 2.93 bits per heavy atom. The zero-order valence-corrected chi connectivity index (χ0v) is 9.89. The van der Waals surface area contributed by atoms with Gasteiger partial charge in [0, 0.05) is 12.6 Å². The van der Waals surface area contributed by atoms with Gasteiger partial charge in [0.15, 0.2) is 0 Å². The summed E-state index contributed by atoms with van der Waals surface area (Å²) < 4.78 is 0. The number of aliphatic hydroxyl groups is 1. The number of hydrogen-bond donors (Lipinski definition) is 2. The number of rotatable bonds is 5. The molecule has 84 valence electrons. The predicted molar refractivity (Wildman–Crippen MR) is 61.5 cm³/mol. The van der Waals surface area contributed by atoms with Crippen molar-refractivity contribution in [2.45, 2.75) is 25.8 Å². The molecule has 1 aromatic rings. The van der Waals surface area contributed by atoms with Crippen LogP contribution in [0.2, 0.25) is 10.3 Å². The minimum atomic E-state index is 0.163. The van der Waals surface area contributed by atoms with Crippen molar-refractivity contribution in [2.75, 3.05) is 11.9 Å². The van der Waals surface area contributed by atoms with Gasteiger partial charge in [-0.3, -0.25) is 0 Å². The largest absolute Gasteiger partial charge is 0.396 e. The zero-order valence-electron chi connectivity index (χ0n) is 8.37. The lowest BCUT2D eigenvalue weighted by molar-refractivity contribution is 0.282. The summed E-state index contributed by atoms with van der Waals surface area (Å²) in [5.74, 6) is 0.530. The summed E-state index contributed by atoms with van der Waals surface area (Å²) in [5, 5.41) is 12.4. The van der Waals surface area contributed by atoms with E-state index in [0.717, 1.165) is 12.8 Å². The molecule has 0 aromatic carbocycles. The van der Waals surface area contributed by atoms with Gasteiger partial charge in [-0.25, -0.2) is 4.98 Å². The van der Waals surface area contributed by atoms with Crippen LogP contribution < -0.4 is 5.32 Å². The first-order chi connectivity index (χ1) is 7.13. The molecule has 15 heavy (non-hydrogen) atoms. The maximum atomic E-state index is 8.68. The maximum absolute atomic E-state index is 8.68. The summed E-state index contributed by atoms with van der Waals surface area (Å²) in [7, 11) is 0. The van der Waals surface area contributed by atoms with Crippen LogP contribution in [0, 0.1) is 0 Å². The van der Waals surface area contributed by atoms with Gasteiger partial charge in [-0.2, -0.15) is 4.98 Å². The molecule has 4 nitrogen and oxygen atoms in total. The molecule has 1 heterocycles. The fraction of sp³-hybridized carbons (Fsp3) is 0.556. The van der Waals surface area contributed by atoms with Crippen molar-refractivity contribution in [2.24, 2.45) is 0 Å². The Balaban J connectivity index is 2.59. The second-order valence-corrected chi connectivity index (χ2v) is 3.99. The van der Waals surface area contributed by atoms with Crippen molar-refractivity contribution < 1.29 is 5.11 Å². The molecule has 1 rings (SSSR count). The van der Waals surface area contributed by atoms with Crippen LogP contribution in [0.15, 0.2) is 6.20 Å². The van der Waals surface area contributed by atoms with Gasteiger partial charge < -0.3 is 10.4 Å². The lowest BCUT2D eigenvalue weighted by Gasteiger charge is -2.14. The second kappa shape index (κ2) is 6.10. The molecule has 0 amide bonds. The number of nitrogens with one attached hydrogen (secondary N) is 1. The SMILES string of the molecule is CC(CCCO)Nc1nc(Cl)ncc1Cl. The molecule has 0 bridgehead atoms. The first-order valence-electron chi connectivity index (χ1n) is 4.69. The normalized spacial score (nSPS) is 12.5. The van der Waals surface area contributed by atoms with Gasteiger partial charge in [-0.05, 0) is 31.4 Å². The third kappa shape index (κ3) is 4.20. The Morgan fingerprint density at radius 1 is 1.53 bits per heavy atom. The van der Waals surface area contributed by atoms with Crippen LogP contribution in [-0.4, -0.2) is 27.7 Å². The second-order valence-electron chi connectivity index (χ2n) is 3.25. The average Bonchev–Trinajstić information content (AvgIpc) is 2.20. The molecule has 0 aliphatic rings. The molecule has 0 spiro atoms. The molecule has 0 fully saturated rings. The quantitative estimate of drug-likeness (QED) is 0.787. The van der Waals surface area contributed by atoms with E-state index in [0.29, 0.717) is 10.8 Å². The molecule has 0 aliphatic carbocycles. The van der Waals surface area contributed by atoms with Crippen molar-refractivity contribution in [1.82, 2.24) is 9.97 Å². The standard InChI is InChI=1S/C9H13Cl2N3O/c1-6(3-2-4-15)13-8-7(10)5-12-9(11)14-8/h5-6,15H,2-4H2,1H3,(H,12,13,14). The van der Waals surface area contributed by atoms with Crippen LogP contribution in [0.5, 0.6) is 0 Å². The fourth-order valence-corrected chi connectivity index (χ4v) is 1.43. The smallest absolute Gasteiger partial charge is 0.224 e. The zero-order chi connectivity index (χ0) is 11.3. The molecule has 0 saturated carbocycles. The molecule has 1 atom stereocenters. The Morgan fingerprint density at radius 2 is 2.27 bits per heavy atom. The monoisotopic (exact) mass is 249 g/mol. The Hall–Kier alpha value is -0.580. The highest BCUT2D eigenvalue weighted by Crippen LogP contribution is 2.20. The number of hydrogen-bond acceptors (Lipinski definition) is 4. The van der Waals surface area contributed by atoms with Gasteiger partial charge in [0.1, 0.15) is 10.8 Å². The molecular formula is C9H13Cl2N3O. The Kier molecular flexibility index (Phi) is 5.08. The third-order valence-corrected chi connectivity index (χ3v) is 2.35.